The van der Waals surface area contributed by atoms with Crippen LogP contribution < -0.4 is 15.7 Å². The van der Waals surface area contributed by atoms with Gasteiger partial charge < -0.3 is 15.2 Å². The zero-order valence-corrected chi connectivity index (χ0v) is 18.6. The van der Waals surface area contributed by atoms with Crippen LogP contribution in [0.2, 0.25) is 0 Å². The van der Waals surface area contributed by atoms with Crippen LogP contribution in [0, 0.1) is 0 Å². The van der Waals surface area contributed by atoms with Gasteiger partial charge >= 0.3 is 18.3 Å². The van der Waals surface area contributed by atoms with Gasteiger partial charge in [0.2, 0.25) is 5.88 Å². The second kappa shape index (κ2) is 12.5. The van der Waals surface area contributed by atoms with Crippen molar-refractivity contribution in [3.05, 3.63) is 70.7 Å². The highest BCUT2D eigenvalue weighted by molar-refractivity contribution is 5.66. The number of anilines is 1. The fourth-order valence-corrected chi connectivity index (χ4v) is 3.46. The lowest BCUT2D eigenvalue weighted by Gasteiger charge is -2.17. The van der Waals surface area contributed by atoms with Crippen molar-refractivity contribution >= 4 is 11.8 Å². The number of imidazole rings is 1. The van der Waals surface area contributed by atoms with Gasteiger partial charge in [-0.3, -0.25) is 13.9 Å². The van der Waals surface area contributed by atoms with Crippen LogP contribution in [0.15, 0.2) is 53.7 Å². The van der Waals surface area contributed by atoms with E-state index in [1.807, 2.05) is 0 Å². The number of halogens is 2. The number of aryl methyl sites for hydroxylation is 4. The number of pyridine rings is 2. The summed E-state index contributed by atoms with van der Waals surface area (Å²) < 4.78 is 29.9. The van der Waals surface area contributed by atoms with Gasteiger partial charge in [-0.25, -0.2) is 14.8 Å². The molecule has 0 aromatic carbocycles. The Kier molecular flexibility index (Phi) is 9.12. The van der Waals surface area contributed by atoms with E-state index >= 15 is 0 Å². The zero-order valence-electron chi connectivity index (χ0n) is 18.6. The first kappa shape index (κ1) is 24.9. The van der Waals surface area contributed by atoms with Gasteiger partial charge in [0.1, 0.15) is 5.82 Å². The molecular formula is C23H27F2N5O4. The maximum atomic E-state index is 12.1. The number of fused-ring (bicyclic) bond motifs is 1. The van der Waals surface area contributed by atoms with Crippen molar-refractivity contribution in [3.8, 4) is 5.88 Å². The number of nitrogens with zero attached hydrogens (tertiary/aromatic N) is 4. The molecule has 11 heteroatoms. The molecule has 0 atom stereocenters. The molecule has 1 aliphatic rings. The van der Waals surface area contributed by atoms with Crippen molar-refractivity contribution < 1.29 is 23.4 Å². The molecule has 9 nitrogen and oxygen atoms in total. The molecule has 0 bridgehead atoms. The van der Waals surface area contributed by atoms with Crippen LogP contribution >= 0.6 is 0 Å². The lowest BCUT2D eigenvalue weighted by atomic mass is 10.1. The molecule has 34 heavy (non-hydrogen) atoms. The molecule has 2 N–H and O–H groups in total. The number of carboxylic acid groups (broad SMARTS) is 1. The maximum absolute atomic E-state index is 12.1. The summed E-state index contributed by atoms with van der Waals surface area (Å²) in [5.74, 6) is 0.0370. The van der Waals surface area contributed by atoms with E-state index in [1.165, 1.54) is 22.4 Å². The van der Waals surface area contributed by atoms with Crippen LogP contribution in [0.5, 0.6) is 5.88 Å². The summed E-state index contributed by atoms with van der Waals surface area (Å²) in [5, 5.41) is 12.0. The summed E-state index contributed by atoms with van der Waals surface area (Å²) in [6, 6.07) is 8.76. The Morgan fingerprint density at radius 1 is 1.18 bits per heavy atom. The standard InChI is InChI=1S/C17H22N4O3.C6H5F2NO/c22-15(23)7-10-21-12-11-20(17(21)24)9-2-4-14-6-5-13-3-1-8-18-16(13)19-14;7-6(8)10-5-3-1-2-4-9-5/h5-6,11-12H,1-4,7-10H2,(H,18,19)(H,22,23);1-4,6H. The average molecular weight is 475 g/mol. The molecule has 0 saturated heterocycles. The van der Waals surface area contributed by atoms with E-state index in [0.717, 1.165) is 43.7 Å². The number of rotatable bonds is 9. The maximum Gasteiger partial charge on any atom is 0.388 e. The lowest BCUT2D eigenvalue weighted by molar-refractivity contribution is -0.137. The summed E-state index contributed by atoms with van der Waals surface area (Å²) in [7, 11) is 0. The number of hydrogen-bond acceptors (Lipinski definition) is 6. The highest BCUT2D eigenvalue weighted by atomic mass is 19.3. The Morgan fingerprint density at radius 3 is 2.68 bits per heavy atom. The Morgan fingerprint density at radius 2 is 1.97 bits per heavy atom. The van der Waals surface area contributed by atoms with Gasteiger partial charge in [-0.05, 0) is 43.4 Å². The van der Waals surface area contributed by atoms with Crippen LogP contribution in [0.25, 0.3) is 0 Å². The number of aromatic nitrogens is 4. The quantitative estimate of drug-likeness (QED) is 0.489. The smallest absolute Gasteiger partial charge is 0.388 e. The van der Waals surface area contributed by atoms with E-state index in [1.54, 1.807) is 29.1 Å². The van der Waals surface area contributed by atoms with E-state index < -0.39 is 12.6 Å². The lowest BCUT2D eigenvalue weighted by Crippen LogP contribution is -2.25. The molecule has 4 rings (SSSR count). The third kappa shape index (κ3) is 7.68. The highest BCUT2D eigenvalue weighted by Crippen LogP contribution is 2.20. The summed E-state index contributed by atoms with van der Waals surface area (Å²) in [6.45, 7) is -1.01. The van der Waals surface area contributed by atoms with Gasteiger partial charge in [-0.1, -0.05) is 12.1 Å². The highest BCUT2D eigenvalue weighted by Gasteiger charge is 2.10. The number of carbonyl (C=O) groups is 1. The Hall–Kier alpha value is -3.76. The fraction of sp³-hybridized carbons (Fsp3) is 0.391. The van der Waals surface area contributed by atoms with Gasteiger partial charge in [0, 0.05) is 50.0 Å². The predicted molar refractivity (Wildman–Crippen MR) is 121 cm³/mol. The van der Waals surface area contributed by atoms with E-state index in [4.69, 9.17) is 5.11 Å². The molecule has 3 aromatic heterocycles. The number of nitrogens with one attached hydrogen (secondary N) is 1. The molecular weight excluding hydrogens is 448 g/mol. The molecule has 0 radical (unpaired) electrons. The second-order valence-corrected chi connectivity index (χ2v) is 7.60. The van der Waals surface area contributed by atoms with E-state index in [0.29, 0.717) is 6.54 Å². The minimum atomic E-state index is -2.80. The first-order chi connectivity index (χ1) is 16.4. The van der Waals surface area contributed by atoms with Crippen LogP contribution in [-0.4, -0.2) is 43.3 Å². The molecule has 0 saturated carbocycles. The summed E-state index contributed by atoms with van der Waals surface area (Å²) >= 11 is 0. The summed E-state index contributed by atoms with van der Waals surface area (Å²) in [5.41, 5.74) is 2.15. The molecule has 3 aromatic rings. The molecule has 0 spiro atoms. The number of aliphatic carboxylic acids is 1. The second-order valence-electron chi connectivity index (χ2n) is 7.60. The molecule has 0 fully saturated rings. The van der Waals surface area contributed by atoms with Crippen molar-refractivity contribution in [2.45, 2.75) is 51.8 Å². The molecule has 182 valence electrons. The van der Waals surface area contributed by atoms with Crippen molar-refractivity contribution in [1.29, 1.82) is 0 Å². The number of ether oxygens (including phenoxy) is 1. The van der Waals surface area contributed by atoms with E-state index in [9.17, 15) is 18.4 Å². The number of alkyl halides is 2. The molecule has 0 aliphatic carbocycles. The average Bonchev–Trinajstić information content (AvgIpc) is 3.17. The minimum absolute atomic E-state index is 0.0457. The van der Waals surface area contributed by atoms with Crippen LogP contribution in [-0.2, 0) is 30.7 Å². The number of hydrogen-bond donors (Lipinski definition) is 2. The van der Waals surface area contributed by atoms with Gasteiger partial charge in [0.25, 0.3) is 0 Å². The van der Waals surface area contributed by atoms with E-state index in [-0.39, 0.29) is 24.5 Å². The first-order valence-electron chi connectivity index (χ1n) is 11.0. The Balaban J connectivity index is 0.000000271. The van der Waals surface area contributed by atoms with Gasteiger partial charge in [0.05, 0.1) is 6.42 Å². The SMILES string of the molecule is FC(F)Oc1ccccn1.O=C(O)CCn1ccn(CCCc2ccc3c(n2)NCCC3)c1=O. The molecule has 1 aliphatic heterocycles. The molecule has 0 amide bonds. The molecule has 0 unspecified atom stereocenters. The topological polar surface area (TPSA) is 111 Å². The van der Waals surface area contributed by atoms with Crippen LogP contribution in [0.4, 0.5) is 14.6 Å². The van der Waals surface area contributed by atoms with Crippen LogP contribution in [0.3, 0.4) is 0 Å². The van der Waals surface area contributed by atoms with Crippen molar-refractivity contribution in [3.63, 3.8) is 0 Å². The zero-order chi connectivity index (χ0) is 24.3. The normalized spacial score (nSPS) is 12.3. The van der Waals surface area contributed by atoms with Gasteiger partial charge in [-0.15, -0.1) is 0 Å². The first-order valence-corrected chi connectivity index (χ1v) is 11.0. The third-order valence-electron chi connectivity index (χ3n) is 5.12. The van der Waals surface area contributed by atoms with E-state index in [2.05, 4.69) is 32.2 Å². The Bertz CT molecular complexity index is 1120. The monoisotopic (exact) mass is 475 g/mol. The summed E-state index contributed by atoms with van der Waals surface area (Å²) in [6.07, 6.45) is 8.55. The van der Waals surface area contributed by atoms with Crippen molar-refractivity contribution in [2.75, 3.05) is 11.9 Å². The molecule has 4 heterocycles. The van der Waals surface area contributed by atoms with Crippen molar-refractivity contribution in [2.24, 2.45) is 0 Å². The van der Waals surface area contributed by atoms with Crippen molar-refractivity contribution in [1.82, 2.24) is 19.1 Å². The third-order valence-corrected chi connectivity index (χ3v) is 5.12. The summed E-state index contributed by atoms with van der Waals surface area (Å²) in [4.78, 5) is 30.9. The minimum Gasteiger partial charge on any atom is -0.481 e. The Labute approximate surface area is 195 Å². The number of carboxylic acids is 1. The van der Waals surface area contributed by atoms with Crippen LogP contribution in [0.1, 0.15) is 30.5 Å². The van der Waals surface area contributed by atoms with Gasteiger partial charge in [-0.2, -0.15) is 8.78 Å². The fourth-order valence-electron chi connectivity index (χ4n) is 3.46. The predicted octanol–water partition coefficient (Wildman–Crippen LogP) is 3.19. The van der Waals surface area contributed by atoms with Gasteiger partial charge in [0.15, 0.2) is 0 Å². The largest absolute Gasteiger partial charge is 0.481 e.